The van der Waals surface area contributed by atoms with Gasteiger partial charge in [0, 0.05) is 12.1 Å². The fraction of sp³-hybridized carbons (Fsp3) is 0.286. The lowest BCUT2D eigenvalue weighted by molar-refractivity contribution is -0.137. The normalized spacial score (nSPS) is 11.3. The zero-order chi connectivity index (χ0) is 15.5. The van der Waals surface area contributed by atoms with Crippen molar-refractivity contribution >= 4 is 5.82 Å². The van der Waals surface area contributed by atoms with Crippen LogP contribution >= 0.6 is 0 Å². The maximum absolute atomic E-state index is 12.6. The number of hydrogen-bond acceptors (Lipinski definition) is 4. The minimum absolute atomic E-state index is 0.402. The Labute approximate surface area is 120 Å². The van der Waals surface area contributed by atoms with Crippen LogP contribution in [0.25, 0.3) is 11.3 Å². The summed E-state index contributed by atoms with van der Waals surface area (Å²) in [6, 6.07) is 4.76. The van der Waals surface area contributed by atoms with E-state index in [0.717, 1.165) is 12.1 Å². The first-order valence-electron chi connectivity index (χ1n) is 6.27. The fourth-order valence-corrected chi connectivity index (χ4v) is 1.88. The zero-order valence-corrected chi connectivity index (χ0v) is 11.5. The zero-order valence-electron chi connectivity index (χ0n) is 11.5. The van der Waals surface area contributed by atoms with Gasteiger partial charge in [0.05, 0.1) is 12.7 Å². The highest BCUT2D eigenvalue weighted by atomic mass is 19.4. The number of benzene rings is 1. The minimum Gasteiger partial charge on any atom is -0.491 e. The molecule has 112 valence electrons. The molecule has 0 aliphatic rings. The molecule has 1 aromatic carbocycles. The smallest absolute Gasteiger partial charge is 0.416 e. The summed E-state index contributed by atoms with van der Waals surface area (Å²) in [6.07, 6.45) is -3.02. The van der Waals surface area contributed by atoms with Crippen molar-refractivity contribution < 1.29 is 17.9 Å². The summed E-state index contributed by atoms with van der Waals surface area (Å²) in [5.74, 6) is 0.906. The Morgan fingerprint density at radius 3 is 2.33 bits per heavy atom. The molecule has 0 saturated carbocycles. The van der Waals surface area contributed by atoms with E-state index in [1.54, 1.807) is 0 Å². The second-order valence-electron chi connectivity index (χ2n) is 4.21. The number of rotatable bonds is 4. The van der Waals surface area contributed by atoms with Crippen molar-refractivity contribution in [2.75, 3.05) is 19.0 Å². The Hall–Kier alpha value is -2.31. The molecule has 0 saturated heterocycles. The number of halogens is 3. The number of nitrogens with one attached hydrogen (secondary N) is 1. The van der Waals surface area contributed by atoms with Crippen molar-refractivity contribution in [3.63, 3.8) is 0 Å². The van der Waals surface area contributed by atoms with Gasteiger partial charge >= 0.3 is 6.18 Å². The summed E-state index contributed by atoms with van der Waals surface area (Å²) in [4.78, 5) is 8.15. The topological polar surface area (TPSA) is 47.0 Å². The van der Waals surface area contributed by atoms with Gasteiger partial charge in [0.25, 0.3) is 0 Å². The molecule has 1 aromatic heterocycles. The van der Waals surface area contributed by atoms with Gasteiger partial charge in [0.15, 0.2) is 11.6 Å². The van der Waals surface area contributed by atoms with E-state index >= 15 is 0 Å². The number of anilines is 1. The van der Waals surface area contributed by atoms with Gasteiger partial charge in [-0.05, 0) is 19.1 Å². The van der Waals surface area contributed by atoms with Crippen LogP contribution in [0.15, 0.2) is 30.6 Å². The minimum atomic E-state index is -4.36. The molecule has 21 heavy (non-hydrogen) atoms. The van der Waals surface area contributed by atoms with Gasteiger partial charge < -0.3 is 10.1 Å². The van der Waals surface area contributed by atoms with Crippen molar-refractivity contribution in [2.45, 2.75) is 13.1 Å². The quantitative estimate of drug-likeness (QED) is 0.936. The summed E-state index contributed by atoms with van der Waals surface area (Å²) in [7, 11) is 1.47. The second kappa shape index (κ2) is 5.99. The molecule has 2 aromatic rings. The summed E-state index contributed by atoms with van der Waals surface area (Å²) >= 11 is 0. The molecule has 1 N–H and O–H groups in total. The molecule has 0 aliphatic carbocycles. The Morgan fingerprint density at radius 1 is 1.14 bits per heavy atom. The number of methoxy groups -OCH3 is 1. The lowest BCUT2D eigenvalue weighted by Gasteiger charge is -2.13. The Kier molecular flexibility index (Phi) is 4.30. The lowest BCUT2D eigenvalue weighted by atomic mass is 10.1. The van der Waals surface area contributed by atoms with Gasteiger partial charge in [0.1, 0.15) is 12.0 Å². The fourth-order valence-electron chi connectivity index (χ4n) is 1.88. The molecule has 0 atom stereocenters. The highest BCUT2D eigenvalue weighted by Crippen LogP contribution is 2.35. The molecular weight excluding hydrogens is 283 g/mol. The van der Waals surface area contributed by atoms with E-state index < -0.39 is 11.7 Å². The molecule has 0 fully saturated rings. The summed E-state index contributed by atoms with van der Waals surface area (Å²) in [5.41, 5.74) is 0.268. The number of nitrogens with zero attached hydrogens (tertiary/aromatic N) is 2. The van der Waals surface area contributed by atoms with Crippen LogP contribution < -0.4 is 10.1 Å². The van der Waals surface area contributed by atoms with Crippen LogP contribution in [0.4, 0.5) is 19.0 Å². The molecule has 2 rings (SSSR count). The third-order valence-electron chi connectivity index (χ3n) is 2.84. The second-order valence-corrected chi connectivity index (χ2v) is 4.21. The SMILES string of the molecule is CCNc1ncnc(-c2ccc(C(F)(F)F)cc2)c1OC. The van der Waals surface area contributed by atoms with Crippen LogP contribution in [0.1, 0.15) is 12.5 Å². The molecule has 4 nitrogen and oxygen atoms in total. The Bertz CT molecular complexity index is 612. The molecule has 0 radical (unpaired) electrons. The van der Waals surface area contributed by atoms with E-state index in [-0.39, 0.29) is 0 Å². The standard InChI is InChI=1S/C14H14F3N3O/c1-3-18-13-12(21-2)11(19-8-20-13)9-4-6-10(7-5-9)14(15,16)17/h4-8H,3H2,1-2H3,(H,18,19,20). The predicted octanol–water partition coefficient (Wildman–Crippen LogP) is 3.60. The largest absolute Gasteiger partial charge is 0.491 e. The van der Waals surface area contributed by atoms with Crippen molar-refractivity contribution in [2.24, 2.45) is 0 Å². The van der Waals surface area contributed by atoms with Crippen molar-refractivity contribution in [1.29, 1.82) is 0 Å². The Balaban J connectivity index is 2.44. The molecular formula is C14H14F3N3O. The van der Waals surface area contributed by atoms with Crippen molar-refractivity contribution in [3.8, 4) is 17.0 Å². The molecule has 0 amide bonds. The van der Waals surface area contributed by atoms with Gasteiger partial charge in [-0.25, -0.2) is 9.97 Å². The average molecular weight is 297 g/mol. The molecule has 0 spiro atoms. The summed E-state index contributed by atoms with van der Waals surface area (Å²) in [5, 5.41) is 3.02. The average Bonchev–Trinajstić information content (AvgIpc) is 2.46. The van der Waals surface area contributed by atoms with E-state index in [0.29, 0.717) is 29.4 Å². The van der Waals surface area contributed by atoms with Crippen molar-refractivity contribution in [3.05, 3.63) is 36.2 Å². The van der Waals surface area contributed by atoms with E-state index in [1.807, 2.05) is 6.92 Å². The number of hydrogen-bond donors (Lipinski definition) is 1. The first-order chi connectivity index (χ1) is 9.97. The lowest BCUT2D eigenvalue weighted by Crippen LogP contribution is -2.05. The van der Waals surface area contributed by atoms with Gasteiger partial charge in [-0.1, -0.05) is 12.1 Å². The number of ether oxygens (including phenoxy) is 1. The first kappa shape index (κ1) is 15.1. The van der Waals surface area contributed by atoms with Crippen LogP contribution in [0.2, 0.25) is 0 Å². The maximum atomic E-state index is 12.6. The van der Waals surface area contributed by atoms with E-state index in [4.69, 9.17) is 4.74 Å². The molecule has 0 unspecified atom stereocenters. The third-order valence-corrected chi connectivity index (χ3v) is 2.84. The van der Waals surface area contributed by atoms with Gasteiger partial charge in [-0.3, -0.25) is 0 Å². The highest BCUT2D eigenvalue weighted by molar-refractivity contribution is 5.72. The Morgan fingerprint density at radius 2 is 1.81 bits per heavy atom. The van der Waals surface area contributed by atoms with Crippen LogP contribution in [-0.4, -0.2) is 23.6 Å². The molecule has 0 bridgehead atoms. The van der Waals surface area contributed by atoms with Crippen LogP contribution in [0.5, 0.6) is 5.75 Å². The van der Waals surface area contributed by atoms with E-state index in [1.165, 1.54) is 25.6 Å². The van der Waals surface area contributed by atoms with Crippen LogP contribution in [0, 0.1) is 0 Å². The molecule has 0 aliphatic heterocycles. The van der Waals surface area contributed by atoms with Gasteiger partial charge in [0.2, 0.25) is 0 Å². The molecule has 7 heteroatoms. The van der Waals surface area contributed by atoms with E-state index in [9.17, 15) is 13.2 Å². The predicted molar refractivity (Wildman–Crippen MR) is 73.2 cm³/mol. The van der Waals surface area contributed by atoms with Crippen molar-refractivity contribution in [1.82, 2.24) is 9.97 Å². The van der Waals surface area contributed by atoms with Crippen LogP contribution in [0.3, 0.4) is 0 Å². The van der Waals surface area contributed by atoms with E-state index in [2.05, 4.69) is 15.3 Å². The first-order valence-corrected chi connectivity index (χ1v) is 6.27. The molecule has 1 heterocycles. The maximum Gasteiger partial charge on any atom is 0.416 e. The third kappa shape index (κ3) is 3.24. The van der Waals surface area contributed by atoms with Crippen LogP contribution in [-0.2, 0) is 6.18 Å². The summed E-state index contributed by atoms with van der Waals surface area (Å²) in [6.45, 7) is 2.54. The summed E-state index contributed by atoms with van der Waals surface area (Å²) < 4.78 is 43.0. The number of aromatic nitrogens is 2. The monoisotopic (exact) mass is 297 g/mol. The van der Waals surface area contributed by atoms with Gasteiger partial charge in [-0.2, -0.15) is 13.2 Å². The highest BCUT2D eigenvalue weighted by Gasteiger charge is 2.30. The van der Waals surface area contributed by atoms with Gasteiger partial charge in [-0.15, -0.1) is 0 Å². The number of alkyl halides is 3.